The summed E-state index contributed by atoms with van der Waals surface area (Å²) in [4.78, 5) is 10.9. The summed E-state index contributed by atoms with van der Waals surface area (Å²) in [6.07, 6.45) is -0.257. The van der Waals surface area contributed by atoms with Crippen LogP contribution in [0.2, 0.25) is 0 Å². The van der Waals surface area contributed by atoms with Crippen LogP contribution in [0, 0.1) is 0 Å². The standard InChI is InChI=1S/C13H20N2O3/c1-8(15-12(9(2)16)13(17)18)7-10-3-5-11(14)6-4-10/h3-6,8-9,12,15-16H,7,14H2,1-2H3,(H,17,18). The third-order valence-corrected chi connectivity index (χ3v) is 2.73. The van der Waals surface area contributed by atoms with Crippen LogP contribution in [0.25, 0.3) is 0 Å². The van der Waals surface area contributed by atoms with Crippen molar-refractivity contribution in [2.24, 2.45) is 0 Å². The molecule has 0 aliphatic heterocycles. The monoisotopic (exact) mass is 252 g/mol. The van der Waals surface area contributed by atoms with Crippen LogP contribution in [0.4, 0.5) is 5.69 Å². The summed E-state index contributed by atoms with van der Waals surface area (Å²) >= 11 is 0. The van der Waals surface area contributed by atoms with Gasteiger partial charge in [0.25, 0.3) is 0 Å². The van der Waals surface area contributed by atoms with Crippen LogP contribution < -0.4 is 11.1 Å². The van der Waals surface area contributed by atoms with Crippen molar-refractivity contribution >= 4 is 11.7 Å². The molecule has 3 atom stereocenters. The van der Waals surface area contributed by atoms with Crippen molar-refractivity contribution < 1.29 is 15.0 Å². The number of hydrogen-bond donors (Lipinski definition) is 4. The van der Waals surface area contributed by atoms with E-state index in [2.05, 4.69) is 5.32 Å². The maximum Gasteiger partial charge on any atom is 0.323 e. The van der Waals surface area contributed by atoms with E-state index in [1.165, 1.54) is 6.92 Å². The Hall–Kier alpha value is -1.59. The zero-order chi connectivity index (χ0) is 13.7. The number of anilines is 1. The molecule has 0 heterocycles. The largest absolute Gasteiger partial charge is 0.480 e. The molecule has 100 valence electrons. The van der Waals surface area contributed by atoms with Gasteiger partial charge in [-0.1, -0.05) is 12.1 Å². The fourth-order valence-corrected chi connectivity index (χ4v) is 1.79. The highest BCUT2D eigenvalue weighted by molar-refractivity contribution is 5.74. The number of aliphatic hydroxyl groups is 1. The third kappa shape index (κ3) is 4.35. The van der Waals surface area contributed by atoms with Gasteiger partial charge in [0.1, 0.15) is 6.04 Å². The second kappa shape index (κ2) is 6.37. The van der Waals surface area contributed by atoms with Crippen LogP contribution in [0.15, 0.2) is 24.3 Å². The third-order valence-electron chi connectivity index (χ3n) is 2.73. The van der Waals surface area contributed by atoms with Crippen molar-refractivity contribution in [3.63, 3.8) is 0 Å². The SMILES string of the molecule is CC(Cc1ccc(N)cc1)NC(C(=O)O)C(C)O. The van der Waals surface area contributed by atoms with Crippen LogP contribution in [0.5, 0.6) is 0 Å². The lowest BCUT2D eigenvalue weighted by Gasteiger charge is -2.22. The highest BCUT2D eigenvalue weighted by Gasteiger charge is 2.24. The molecule has 0 amide bonds. The second-order valence-corrected chi connectivity index (χ2v) is 4.57. The Labute approximate surface area is 107 Å². The zero-order valence-electron chi connectivity index (χ0n) is 10.6. The highest BCUT2D eigenvalue weighted by atomic mass is 16.4. The number of carboxylic acid groups (broad SMARTS) is 1. The lowest BCUT2D eigenvalue weighted by Crippen LogP contribution is -2.49. The van der Waals surface area contributed by atoms with Crippen molar-refractivity contribution in [2.75, 3.05) is 5.73 Å². The smallest absolute Gasteiger partial charge is 0.323 e. The summed E-state index contributed by atoms with van der Waals surface area (Å²) in [6, 6.07) is 6.44. The first-order chi connectivity index (χ1) is 8.40. The molecule has 0 bridgehead atoms. The Morgan fingerprint density at radius 1 is 1.33 bits per heavy atom. The van der Waals surface area contributed by atoms with Crippen molar-refractivity contribution in [3.05, 3.63) is 29.8 Å². The van der Waals surface area contributed by atoms with Crippen molar-refractivity contribution in [3.8, 4) is 0 Å². The minimum absolute atomic E-state index is 0.0516. The van der Waals surface area contributed by atoms with E-state index in [1.807, 2.05) is 31.2 Å². The number of aliphatic carboxylic acids is 1. The number of hydrogen-bond acceptors (Lipinski definition) is 4. The van der Waals surface area contributed by atoms with Gasteiger partial charge in [-0.3, -0.25) is 10.1 Å². The van der Waals surface area contributed by atoms with Crippen LogP contribution in [0.1, 0.15) is 19.4 Å². The first kappa shape index (κ1) is 14.5. The van der Waals surface area contributed by atoms with Gasteiger partial charge in [0, 0.05) is 11.7 Å². The van der Waals surface area contributed by atoms with Crippen LogP contribution in [-0.4, -0.2) is 34.4 Å². The van der Waals surface area contributed by atoms with E-state index in [9.17, 15) is 9.90 Å². The number of nitrogen functional groups attached to an aromatic ring is 1. The molecule has 5 nitrogen and oxygen atoms in total. The van der Waals surface area contributed by atoms with Crippen LogP contribution >= 0.6 is 0 Å². The molecular weight excluding hydrogens is 232 g/mol. The molecule has 1 aromatic rings. The van der Waals surface area contributed by atoms with Gasteiger partial charge in [-0.25, -0.2) is 0 Å². The number of carboxylic acids is 1. The Morgan fingerprint density at radius 2 is 1.89 bits per heavy atom. The molecule has 0 aliphatic carbocycles. The van der Waals surface area contributed by atoms with E-state index >= 15 is 0 Å². The summed E-state index contributed by atoms with van der Waals surface area (Å²) in [5.41, 5.74) is 7.36. The Morgan fingerprint density at radius 3 is 2.33 bits per heavy atom. The Balaban J connectivity index is 2.57. The summed E-state index contributed by atoms with van der Waals surface area (Å²) < 4.78 is 0. The van der Waals surface area contributed by atoms with Crippen LogP contribution in [-0.2, 0) is 11.2 Å². The maximum atomic E-state index is 10.9. The van der Waals surface area contributed by atoms with Gasteiger partial charge in [0.2, 0.25) is 0 Å². The number of rotatable bonds is 6. The molecular formula is C13H20N2O3. The van der Waals surface area contributed by atoms with Crippen molar-refractivity contribution in [2.45, 2.75) is 38.5 Å². The molecule has 0 fully saturated rings. The van der Waals surface area contributed by atoms with Gasteiger partial charge in [-0.2, -0.15) is 0 Å². The number of nitrogens with two attached hydrogens (primary N) is 1. The second-order valence-electron chi connectivity index (χ2n) is 4.57. The minimum Gasteiger partial charge on any atom is -0.480 e. The molecule has 0 saturated carbocycles. The molecule has 0 aromatic heterocycles. The van der Waals surface area contributed by atoms with Gasteiger partial charge in [0.05, 0.1) is 6.10 Å². The van der Waals surface area contributed by atoms with Gasteiger partial charge in [-0.05, 0) is 38.0 Å². The molecule has 0 spiro atoms. The first-order valence-corrected chi connectivity index (χ1v) is 5.91. The number of carbonyl (C=O) groups is 1. The molecule has 5 heteroatoms. The summed E-state index contributed by atoms with van der Waals surface area (Å²) in [7, 11) is 0. The number of benzene rings is 1. The molecule has 0 saturated heterocycles. The normalized spacial score (nSPS) is 15.9. The predicted molar refractivity (Wildman–Crippen MR) is 70.3 cm³/mol. The molecule has 3 unspecified atom stereocenters. The maximum absolute atomic E-state index is 10.9. The molecule has 0 aliphatic rings. The quantitative estimate of drug-likeness (QED) is 0.557. The summed E-state index contributed by atoms with van der Waals surface area (Å²) in [5.74, 6) is -1.05. The lowest BCUT2D eigenvalue weighted by atomic mass is 10.0. The van der Waals surface area contributed by atoms with E-state index in [1.54, 1.807) is 0 Å². The summed E-state index contributed by atoms with van der Waals surface area (Å²) in [6.45, 7) is 3.34. The zero-order valence-corrected chi connectivity index (χ0v) is 10.6. The fourth-order valence-electron chi connectivity index (χ4n) is 1.79. The van der Waals surface area contributed by atoms with E-state index < -0.39 is 18.1 Å². The Kier molecular flexibility index (Phi) is 5.12. The summed E-state index contributed by atoms with van der Waals surface area (Å²) in [5, 5.41) is 21.2. The molecule has 1 aromatic carbocycles. The van der Waals surface area contributed by atoms with Gasteiger partial charge < -0.3 is 15.9 Å². The average Bonchev–Trinajstić information content (AvgIpc) is 2.28. The Bertz CT molecular complexity index is 390. The van der Waals surface area contributed by atoms with Gasteiger partial charge in [-0.15, -0.1) is 0 Å². The van der Waals surface area contributed by atoms with Gasteiger partial charge in [0.15, 0.2) is 0 Å². The number of aliphatic hydroxyl groups excluding tert-OH is 1. The van der Waals surface area contributed by atoms with E-state index in [4.69, 9.17) is 10.8 Å². The van der Waals surface area contributed by atoms with E-state index in [-0.39, 0.29) is 6.04 Å². The fraction of sp³-hybridized carbons (Fsp3) is 0.462. The molecule has 0 radical (unpaired) electrons. The van der Waals surface area contributed by atoms with E-state index in [0.717, 1.165) is 5.56 Å². The van der Waals surface area contributed by atoms with E-state index in [0.29, 0.717) is 12.1 Å². The lowest BCUT2D eigenvalue weighted by molar-refractivity contribution is -0.142. The van der Waals surface area contributed by atoms with Gasteiger partial charge >= 0.3 is 5.97 Å². The topological polar surface area (TPSA) is 95.6 Å². The molecule has 5 N–H and O–H groups in total. The first-order valence-electron chi connectivity index (χ1n) is 5.91. The molecule has 1 rings (SSSR count). The predicted octanol–water partition coefficient (Wildman–Crippen LogP) is 0.623. The molecule has 18 heavy (non-hydrogen) atoms. The van der Waals surface area contributed by atoms with Crippen molar-refractivity contribution in [1.82, 2.24) is 5.32 Å². The number of nitrogens with one attached hydrogen (secondary N) is 1. The van der Waals surface area contributed by atoms with Crippen LogP contribution in [0.3, 0.4) is 0 Å². The highest BCUT2D eigenvalue weighted by Crippen LogP contribution is 2.08. The average molecular weight is 252 g/mol. The minimum atomic E-state index is -1.05. The van der Waals surface area contributed by atoms with Crippen molar-refractivity contribution in [1.29, 1.82) is 0 Å².